The van der Waals surface area contributed by atoms with Crippen LogP contribution < -0.4 is 24.4 Å². The van der Waals surface area contributed by atoms with Crippen molar-refractivity contribution in [3.8, 4) is 23.0 Å². The topological polar surface area (TPSA) is 121 Å². The molecule has 11 nitrogen and oxygen atoms in total. The van der Waals surface area contributed by atoms with Crippen molar-refractivity contribution in [2.45, 2.75) is 94.0 Å². The second-order valence-electron chi connectivity index (χ2n) is 19.8. The highest BCUT2D eigenvalue weighted by Gasteiger charge is 2.51. The lowest BCUT2D eigenvalue weighted by Crippen LogP contribution is -2.52. The molecular formula is C52H57FN4O7. The third-order valence-corrected chi connectivity index (χ3v) is 16.4. The van der Waals surface area contributed by atoms with E-state index in [4.69, 9.17) is 14.2 Å². The van der Waals surface area contributed by atoms with Gasteiger partial charge in [-0.1, -0.05) is 36.4 Å². The van der Waals surface area contributed by atoms with Gasteiger partial charge in [0, 0.05) is 60.1 Å². The largest absolute Gasteiger partial charge is 0.508 e. The number of piperidine rings is 3. The standard InChI is InChI=1S/C52H57FN4O7/c1-62-43-25-42(40(53)23-37(43)46-35(32-6-4-3-5-7-32)10-8-33-22-34(58)9-11-36(33)46)56-20-14-51(15-21-56)26-31(27-51)28-55-18-16-52(17-19-55)30-64-48-38-29-57(41-12-13-45(59)54-49(41)60)50(61)47(38)44(63-2)24-39(48)52/h3-7,9,11,22-25,31,35,41,46,58H,8,10,12-21,26-30H2,1-2H3,(H,54,59,60)/t35-,41+,46+/m1/s1. The third-order valence-electron chi connectivity index (χ3n) is 16.4. The van der Waals surface area contributed by atoms with Crippen LogP contribution in [0.15, 0.2) is 66.7 Å². The molecule has 2 spiro atoms. The minimum absolute atomic E-state index is 0.106. The number of benzene rings is 4. The smallest absolute Gasteiger partial charge is 0.259 e. The molecule has 5 aliphatic heterocycles. The summed E-state index contributed by atoms with van der Waals surface area (Å²) in [5, 5.41) is 12.7. The maximum Gasteiger partial charge on any atom is 0.259 e. The summed E-state index contributed by atoms with van der Waals surface area (Å²) >= 11 is 0. The molecule has 0 aromatic heterocycles. The molecule has 4 aromatic carbocycles. The molecule has 1 saturated carbocycles. The SMILES string of the molecule is COc1cc(N2CCC3(CC2)CC(CN2CCC4(CC2)COc2c4cc(OC)c4c2CN([C@H]2CCC(=O)NC2=O)C4=O)C3)c(F)cc1[C@@H]1c2ccc(O)cc2CC[C@@H]1c1ccccc1. The van der Waals surface area contributed by atoms with Crippen LogP contribution in [0, 0.1) is 17.2 Å². The lowest BCUT2D eigenvalue weighted by atomic mass is 9.57. The average molecular weight is 869 g/mol. The molecule has 3 amide bonds. The van der Waals surface area contributed by atoms with E-state index in [1.54, 1.807) is 31.3 Å². The van der Waals surface area contributed by atoms with Crippen LogP contribution >= 0.6 is 0 Å². The predicted octanol–water partition coefficient (Wildman–Crippen LogP) is 7.59. The molecule has 5 heterocycles. The number of fused-ring (bicyclic) bond motifs is 5. The zero-order valence-electron chi connectivity index (χ0n) is 36.8. The highest BCUT2D eigenvalue weighted by atomic mass is 19.1. The van der Waals surface area contributed by atoms with Gasteiger partial charge in [0.05, 0.1) is 38.6 Å². The van der Waals surface area contributed by atoms with E-state index in [2.05, 4.69) is 39.4 Å². The third kappa shape index (κ3) is 6.81. The highest BCUT2D eigenvalue weighted by Crippen LogP contribution is 2.56. The van der Waals surface area contributed by atoms with Gasteiger partial charge in [0.2, 0.25) is 11.8 Å². The first-order chi connectivity index (χ1) is 31.1. The van der Waals surface area contributed by atoms with Crippen LogP contribution in [0.4, 0.5) is 10.1 Å². The van der Waals surface area contributed by atoms with Crippen LogP contribution in [0.2, 0.25) is 0 Å². The van der Waals surface area contributed by atoms with E-state index in [9.17, 15) is 19.5 Å². The summed E-state index contributed by atoms with van der Waals surface area (Å²) in [6.45, 7) is 5.49. The van der Waals surface area contributed by atoms with E-state index in [0.29, 0.717) is 47.1 Å². The molecule has 2 N–H and O–H groups in total. The van der Waals surface area contributed by atoms with Crippen LogP contribution in [0.25, 0.3) is 0 Å². The lowest BCUT2D eigenvalue weighted by molar-refractivity contribution is -0.136. The van der Waals surface area contributed by atoms with Gasteiger partial charge in [-0.05, 0) is 129 Å². The Balaban J connectivity index is 0.724. The van der Waals surface area contributed by atoms with Gasteiger partial charge in [-0.25, -0.2) is 4.39 Å². The maximum atomic E-state index is 16.5. The van der Waals surface area contributed by atoms with E-state index < -0.39 is 11.9 Å². The van der Waals surface area contributed by atoms with Crippen molar-refractivity contribution < 1.29 is 38.1 Å². The van der Waals surface area contributed by atoms with E-state index in [-0.39, 0.29) is 53.6 Å². The number of carbonyl (C=O) groups is 3. The second kappa shape index (κ2) is 15.8. The van der Waals surface area contributed by atoms with E-state index in [1.807, 2.05) is 30.3 Å². The first-order valence-corrected chi connectivity index (χ1v) is 23.3. The monoisotopic (exact) mass is 868 g/mol. The molecule has 0 bridgehead atoms. The predicted molar refractivity (Wildman–Crippen MR) is 239 cm³/mol. The Morgan fingerprint density at radius 2 is 1.62 bits per heavy atom. The number of carbonyl (C=O) groups excluding carboxylic acids is 3. The molecule has 3 saturated heterocycles. The molecule has 3 atom stereocenters. The average Bonchev–Trinajstić information content (AvgIpc) is 3.83. The van der Waals surface area contributed by atoms with E-state index in [0.717, 1.165) is 105 Å². The van der Waals surface area contributed by atoms with Gasteiger partial charge in [0.1, 0.15) is 34.9 Å². The first kappa shape index (κ1) is 41.1. The normalized spacial score (nSPS) is 24.8. The molecule has 4 aromatic rings. The number of halogens is 1. The number of aromatic hydroxyl groups is 1. The van der Waals surface area contributed by atoms with Crippen molar-refractivity contribution in [1.82, 2.24) is 15.1 Å². The zero-order chi connectivity index (χ0) is 43.9. The van der Waals surface area contributed by atoms with Crippen molar-refractivity contribution in [2.24, 2.45) is 11.3 Å². The zero-order valence-corrected chi connectivity index (χ0v) is 36.8. The quantitative estimate of drug-likeness (QED) is 0.173. The van der Waals surface area contributed by atoms with Crippen LogP contribution in [0.1, 0.15) is 113 Å². The summed E-state index contributed by atoms with van der Waals surface area (Å²) in [5.41, 5.74) is 7.44. The highest BCUT2D eigenvalue weighted by molar-refractivity contribution is 6.07. The summed E-state index contributed by atoms with van der Waals surface area (Å²) < 4.78 is 34.9. The fraction of sp³-hybridized carbons (Fsp3) is 0.481. The molecule has 11 rings (SSSR count). The van der Waals surface area contributed by atoms with Gasteiger partial charge in [-0.2, -0.15) is 0 Å². The summed E-state index contributed by atoms with van der Waals surface area (Å²) in [6, 6.07) is 21.1. The van der Waals surface area contributed by atoms with Crippen molar-refractivity contribution in [1.29, 1.82) is 0 Å². The van der Waals surface area contributed by atoms with Crippen molar-refractivity contribution in [3.05, 3.63) is 111 Å². The number of hydrogen-bond acceptors (Lipinski definition) is 9. The van der Waals surface area contributed by atoms with Gasteiger partial charge in [-0.15, -0.1) is 0 Å². The van der Waals surface area contributed by atoms with Crippen LogP contribution in [-0.4, -0.2) is 92.2 Å². The Bertz CT molecular complexity index is 2520. The van der Waals surface area contributed by atoms with Crippen molar-refractivity contribution >= 4 is 23.4 Å². The number of phenolic OH excluding ortho intramolecular Hbond substituents is 1. The minimum atomic E-state index is -0.697. The summed E-state index contributed by atoms with van der Waals surface area (Å²) in [4.78, 5) is 44.7. The number of amides is 3. The lowest BCUT2D eigenvalue weighted by Gasteiger charge is -2.54. The van der Waals surface area contributed by atoms with E-state index in [1.165, 1.54) is 18.4 Å². The van der Waals surface area contributed by atoms with Gasteiger partial charge in [0.15, 0.2) is 0 Å². The Morgan fingerprint density at radius 3 is 2.36 bits per heavy atom. The molecule has 0 unspecified atom stereocenters. The Labute approximate surface area is 373 Å². The number of hydrogen-bond donors (Lipinski definition) is 2. The molecular weight excluding hydrogens is 812 g/mol. The summed E-state index contributed by atoms with van der Waals surface area (Å²) in [7, 11) is 3.27. The van der Waals surface area contributed by atoms with Crippen LogP contribution in [0.5, 0.6) is 23.0 Å². The van der Waals surface area contributed by atoms with Crippen molar-refractivity contribution in [2.75, 3.05) is 58.5 Å². The molecule has 12 heteroatoms. The number of rotatable bonds is 8. The molecule has 0 radical (unpaired) electrons. The fourth-order valence-corrected chi connectivity index (χ4v) is 13.0. The van der Waals surface area contributed by atoms with Crippen LogP contribution in [-0.2, 0) is 28.0 Å². The van der Waals surface area contributed by atoms with Gasteiger partial charge < -0.3 is 34.0 Å². The first-order valence-electron chi connectivity index (χ1n) is 23.3. The summed E-state index contributed by atoms with van der Waals surface area (Å²) in [5.74, 6) is 1.75. The minimum Gasteiger partial charge on any atom is -0.508 e. The number of likely N-dealkylation sites (tertiary alicyclic amines) is 1. The fourth-order valence-electron chi connectivity index (χ4n) is 13.0. The molecule has 7 aliphatic rings. The maximum absolute atomic E-state index is 16.5. The van der Waals surface area contributed by atoms with E-state index >= 15 is 4.39 Å². The Morgan fingerprint density at radius 1 is 0.859 bits per heavy atom. The number of aryl methyl sites for hydroxylation is 1. The Hall–Kier alpha value is -5.62. The molecule has 2 aliphatic carbocycles. The van der Waals surface area contributed by atoms with Crippen molar-refractivity contribution in [3.63, 3.8) is 0 Å². The number of imide groups is 1. The number of nitrogens with one attached hydrogen (secondary N) is 1. The van der Waals surface area contributed by atoms with Gasteiger partial charge in [0.25, 0.3) is 5.91 Å². The van der Waals surface area contributed by atoms with Crippen LogP contribution in [0.3, 0.4) is 0 Å². The molecule has 4 fully saturated rings. The number of anilines is 1. The molecule has 64 heavy (non-hydrogen) atoms. The number of ether oxygens (including phenoxy) is 3. The molecule has 334 valence electrons. The second-order valence-corrected chi connectivity index (χ2v) is 19.8. The number of nitrogens with zero attached hydrogens (tertiary/aromatic N) is 3. The van der Waals surface area contributed by atoms with Gasteiger partial charge in [-0.3, -0.25) is 19.7 Å². The Kier molecular flexibility index (Phi) is 10.2. The summed E-state index contributed by atoms with van der Waals surface area (Å²) in [6.07, 6.45) is 8.68. The van der Waals surface area contributed by atoms with Gasteiger partial charge >= 0.3 is 0 Å². The number of phenols is 1. The number of methoxy groups -OCH3 is 2.